The van der Waals surface area contributed by atoms with Crippen LogP contribution in [0.2, 0.25) is 0 Å². The Hall–Kier alpha value is -0.00610. The van der Waals surface area contributed by atoms with E-state index in [4.69, 9.17) is 0 Å². The van der Waals surface area contributed by atoms with E-state index in [1.165, 1.54) is 16.7 Å². The largest absolute Gasteiger partial charge is 0.300 e. The fraction of sp³-hybridized carbons (Fsp3) is 0.417. The fourth-order valence-electron chi connectivity index (χ4n) is 1.51. The summed E-state index contributed by atoms with van der Waals surface area (Å²) in [4.78, 5) is 11.0. The monoisotopic (exact) mass is 264 g/mol. The quantitative estimate of drug-likeness (QED) is 0.766. The van der Waals surface area contributed by atoms with Crippen LogP contribution in [0.4, 0.5) is 0 Å². The predicted octanol–water partition coefficient (Wildman–Crippen LogP) is 2.49. The van der Waals surface area contributed by atoms with Gasteiger partial charge in [0.2, 0.25) is 0 Å². The number of hydrogen-bond donors (Lipinski definition) is 0. The van der Waals surface area contributed by atoms with Gasteiger partial charge in [-0.1, -0.05) is 20.3 Å². The molecule has 0 aromatic heterocycles. The Morgan fingerprint density at radius 2 is 2.07 bits per heavy atom. The van der Waals surface area contributed by atoms with Crippen molar-refractivity contribution in [3.05, 3.63) is 34.9 Å². The maximum absolute atomic E-state index is 11.0. The van der Waals surface area contributed by atoms with Crippen LogP contribution in [0, 0.1) is 13.0 Å². The van der Waals surface area contributed by atoms with Gasteiger partial charge in [0.1, 0.15) is 5.78 Å². The molecule has 0 atom stereocenters. The summed E-state index contributed by atoms with van der Waals surface area (Å²) >= 11 is 0. The molecule has 1 aromatic carbocycles. The third kappa shape index (κ3) is 3.63. The molecule has 0 aliphatic rings. The van der Waals surface area contributed by atoms with Crippen molar-refractivity contribution in [3.63, 3.8) is 0 Å². The summed E-state index contributed by atoms with van der Waals surface area (Å²) in [5, 5.41) is 0. The predicted molar refractivity (Wildman–Crippen MR) is 53.8 cm³/mol. The molecule has 0 unspecified atom stereocenters. The molecule has 73 valence electrons. The molecular formula is C12H15OY-. The Balaban J connectivity index is 0.00000169. The SMILES string of the molecule is CCc1c[c-]cc(C)c1CC(C)=O.[Y]. The Labute approximate surface area is 111 Å². The summed E-state index contributed by atoms with van der Waals surface area (Å²) in [6, 6.07) is 7.00. The maximum atomic E-state index is 11.0. The summed E-state index contributed by atoms with van der Waals surface area (Å²) in [5.74, 6) is 0.226. The molecule has 0 bridgehead atoms. The van der Waals surface area contributed by atoms with Crippen LogP contribution in [0.5, 0.6) is 0 Å². The number of benzene rings is 1. The molecule has 1 radical (unpaired) electrons. The van der Waals surface area contributed by atoms with Crippen molar-refractivity contribution in [2.24, 2.45) is 0 Å². The first-order chi connectivity index (χ1) is 6.15. The Bertz CT molecular complexity index is 318. The van der Waals surface area contributed by atoms with Crippen LogP contribution in [0.1, 0.15) is 30.5 Å². The normalized spacial score (nSPS) is 9.36. The van der Waals surface area contributed by atoms with Crippen molar-refractivity contribution in [2.75, 3.05) is 0 Å². The van der Waals surface area contributed by atoms with Crippen molar-refractivity contribution in [1.82, 2.24) is 0 Å². The average Bonchev–Trinajstić information content (AvgIpc) is 2.08. The number of aryl methyl sites for hydroxylation is 2. The van der Waals surface area contributed by atoms with Crippen LogP contribution >= 0.6 is 0 Å². The van der Waals surface area contributed by atoms with Crippen LogP contribution in [-0.4, -0.2) is 5.78 Å². The molecule has 0 spiro atoms. The van der Waals surface area contributed by atoms with Crippen molar-refractivity contribution in [2.45, 2.75) is 33.6 Å². The molecule has 0 aliphatic heterocycles. The number of ketones is 1. The van der Waals surface area contributed by atoms with E-state index in [1.54, 1.807) is 6.92 Å². The minimum Gasteiger partial charge on any atom is -0.300 e. The molecule has 1 aromatic rings. The summed E-state index contributed by atoms with van der Waals surface area (Å²) in [5.41, 5.74) is 3.61. The molecule has 0 N–H and O–H groups in total. The van der Waals surface area contributed by atoms with E-state index in [2.05, 4.69) is 13.0 Å². The molecule has 0 saturated carbocycles. The minimum atomic E-state index is 0. The van der Waals surface area contributed by atoms with Crippen molar-refractivity contribution < 1.29 is 37.5 Å². The maximum Gasteiger partial charge on any atom is 0.132 e. The Kier molecular flexibility index (Phi) is 6.47. The molecule has 0 heterocycles. The zero-order valence-electron chi connectivity index (χ0n) is 9.05. The third-order valence-corrected chi connectivity index (χ3v) is 2.23. The third-order valence-electron chi connectivity index (χ3n) is 2.23. The van der Waals surface area contributed by atoms with Gasteiger partial charge in [-0.25, -0.2) is 0 Å². The van der Waals surface area contributed by atoms with Crippen LogP contribution in [-0.2, 0) is 50.3 Å². The topological polar surface area (TPSA) is 17.1 Å². The molecule has 2 heteroatoms. The van der Waals surface area contributed by atoms with E-state index in [0.717, 1.165) is 6.42 Å². The standard InChI is InChI=1S/C12H15O.Y/c1-4-11-7-5-6-9(2)12(11)8-10(3)13;/h6-7H,4,8H2,1-3H3;/q-1;. The molecule has 0 saturated heterocycles. The van der Waals surface area contributed by atoms with E-state index < -0.39 is 0 Å². The van der Waals surface area contributed by atoms with Crippen molar-refractivity contribution in [3.8, 4) is 0 Å². The first kappa shape index (κ1) is 14.0. The van der Waals surface area contributed by atoms with E-state index in [0.29, 0.717) is 6.42 Å². The first-order valence-corrected chi connectivity index (χ1v) is 4.63. The van der Waals surface area contributed by atoms with Gasteiger partial charge < -0.3 is 0 Å². The van der Waals surface area contributed by atoms with Crippen LogP contribution < -0.4 is 0 Å². The van der Waals surface area contributed by atoms with Gasteiger partial charge in [0, 0.05) is 39.1 Å². The van der Waals surface area contributed by atoms with Crippen molar-refractivity contribution >= 4 is 5.78 Å². The number of rotatable bonds is 3. The van der Waals surface area contributed by atoms with Gasteiger partial charge in [0.05, 0.1) is 0 Å². The van der Waals surface area contributed by atoms with E-state index in [9.17, 15) is 4.79 Å². The summed E-state index contributed by atoms with van der Waals surface area (Å²) in [6.45, 7) is 5.77. The second-order valence-electron chi connectivity index (χ2n) is 3.37. The number of carbonyl (C=O) groups is 1. The van der Waals surface area contributed by atoms with E-state index in [-0.39, 0.29) is 38.5 Å². The van der Waals surface area contributed by atoms with Crippen LogP contribution in [0.25, 0.3) is 0 Å². The second-order valence-corrected chi connectivity index (χ2v) is 3.37. The van der Waals surface area contributed by atoms with Gasteiger partial charge >= 0.3 is 0 Å². The van der Waals surface area contributed by atoms with Gasteiger partial charge in [-0.15, -0.1) is 5.56 Å². The molecular weight excluding hydrogens is 249 g/mol. The second kappa shape index (κ2) is 6.47. The summed E-state index contributed by atoms with van der Waals surface area (Å²) < 4.78 is 0. The summed E-state index contributed by atoms with van der Waals surface area (Å²) in [6.07, 6.45) is 1.53. The molecule has 0 amide bonds. The molecule has 1 nitrogen and oxygen atoms in total. The zero-order chi connectivity index (χ0) is 9.84. The van der Waals surface area contributed by atoms with Gasteiger partial charge in [0.15, 0.2) is 0 Å². The minimum absolute atomic E-state index is 0. The molecule has 0 aliphatic carbocycles. The number of hydrogen-bond acceptors (Lipinski definition) is 1. The Morgan fingerprint density at radius 3 is 2.57 bits per heavy atom. The molecule has 0 fully saturated rings. The summed E-state index contributed by atoms with van der Waals surface area (Å²) in [7, 11) is 0. The van der Waals surface area contributed by atoms with Crippen LogP contribution in [0.15, 0.2) is 12.1 Å². The van der Waals surface area contributed by atoms with Gasteiger partial charge in [-0.2, -0.15) is 29.3 Å². The van der Waals surface area contributed by atoms with Crippen molar-refractivity contribution in [1.29, 1.82) is 0 Å². The van der Waals surface area contributed by atoms with Gasteiger partial charge in [-0.05, 0) is 6.92 Å². The fourth-order valence-corrected chi connectivity index (χ4v) is 1.51. The average molecular weight is 264 g/mol. The van der Waals surface area contributed by atoms with Crippen LogP contribution in [0.3, 0.4) is 0 Å². The number of carbonyl (C=O) groups excluding carboxylic acids is 1. The molecule has 1 rings (SSSR count). The van der Waals surface area contributed by atoms with Gasteiger partial charge in [-0.3, -0.25) is 4.79 Å². The number of Topliss-reactive ketones (excluding diaryl/α,β-unsaturated/α-hetero) is 1. The Morgan fingerprint density at radius 1 is 1.43 bits per heavy atom. The smallest absolute Gasteiger partial charge is 0.132 e. The van der Waals surface area contributed by atoms with Gasteiger partial charge in [0.25, 0.3) is 0 Å². The van der Waals surface area contributed by atoms with E-state index in [1.807, 2.05) is 19.1 Å². The first-order valence-electron chi connectivity index (χ1n) is 4.63. The molecule has 14 heavy (non-hydrogen) atoms. The zero-order valence-corrected chi connectivity index (χ0v) is 11.9. The van der Waals surface area contributed by atoms with E-state index >= 15 is 0 Å².